The van der Waals surface area contributed by atoms with Gasteiger partial charge >= 0.3 is 0 Å². The number of hydrogen-bond donors (Lipinski definition) is 2. The lowest BCUT2D eigenvalue weighted by atomic mass is 10.1. The van der Waals surface area contributed by atoms with E-state index in [0.29, 0.717) is 50.8 Å². The number of ether oxygens (including phenoxy) is 6. The van der Waals surface area contributed by atoms with Gasteiger partial charge < -0.3 is 38.6 Å². The summed E-state index contributed by atoms with van der Waals surface area (Å²) in [5, 5.41) is 19.9. The van der Waals surface area contributed by atoms with Crippen molar-refractivity contribution >= 4 is 20.0 Å². The molecule has 0 saturated heterocycles. The molecule has 6 rings (SSSR count). The number of rotatable bonds is 24. The van der Waals surface area contributed by atoms with Crippen molar-refractivity contribution in [1.82, 2.24) is 28.5 Å². The van der Waals surface area contributed by atoms with Gasteiger partial charge in [0.1, 0.15) is 52.3 Å². The van der Waals surface area contributed by atoms with Gasteiger partial charge in [0.05, 0.1) is 71.7 Å². The molecule has 0 spiro atoms. The third kappa shape index (κ3) is 12.6. The molecular weight excluding hydrogens is 917 g/mol. The molecule has 362 valence electrons. The van der Waals surface area contributed by atoms with Crippen LogP contribution in [0.3, 0.4) is 0 Å². The third-order valence-electron chi connectivity index (χ3n) is 11.3. The number of aliphatic hydroxyl groups is 2. The number of aliphatic hydroxyl groups excluding tert-OH is 2. The fourth-order valence-corrected chi connectivity index (χ4v) is 10.2. The van der Waals surface area contributed by atoms with Gasteiger partial charge in [0.15, 0.2) is 0 Å². The van der Waals surface area contributed by atoms with Crippen LogP contribution in [0.2, 0.25) is 0 Å². The van der Waals surface area contributed by atoms with Crippen molar-refractivity contribution in [1.29, 1.82) is 0 Å². The third-order valence-corrected chi connectivity index (χ3v) is 15.7. The van der Waals surface area contributed by atoms with Gasteiger partial charge in [0.2, 0.25) is 31.8 Å². The molecule has 0 saturated carbocycles. The number of methoxy groups -OCH3 is 5. The Morgan fingerprint density at radius 3 is 1.22 bits per heavy atom. The highest BCUT2D eigenvalue weighted by atomic mass is 32.2. The molecule has 2 aromatic heterocycles. The van der Waals surface area contributed by atoms with Crippen LogP contribution >= 0.6 is 0 Å². The Labute approximate surface area is 397 Å². The summed E-state index contributed by atoms with van der Waals surface area (Å²) in [7, 11) is -0.967. The monoisotopic (exact) mass is 972 g/mol. The van der Waals surface area contributed by atoms with E-state index in [1.807, 2.05) is 0 Å². The first kappa shape index (κ1) is 51.0. The van der Waals surface area contributed by atoms with E-state index >= 15 is 0 Å². The molecule has 20 heteroatoms. The Hall–Kier alpha value is -6.42. The maximum Gasteiger partial charge on any atom is 0.231 e. The minimum absolute atomic E-state index is 0.00352. The van der Waals surface area contributed by atoms with Crippen LogP contribution in [0.4, 0.5) is 0 Å². The van der Waals surface area contributed by atoms with Crippen LogP contribution < -0.4 is 28.4 Å². The lowest BCUT2D eigenvalue weighted by Crippen LogP contribution is -2.40. The molecule has 4 atom stereocenters. The van der Waals surface area contributed by atoms with Crippen LogP contribution in [0.1, 0.15) is 65.3 Å². The van der Waals surface area contributed by atoms with Gasteiger partial charge in [-0.2, -0.15) is 8.61 Å². The zero-order valence-electron chi connectivity index (χ0n) is 38.8. The predicted octanol–water partition coefficient (Wildman–Crippen LogP) is 5.80. The first-order valence-corrected chi connectivity index (χ1v) is 24.3. The van der Waals surface area contributed by atoms with Crippen LogP contribution in [0.5, 0.6) is 34.8 Å². The van der Waals surface area contributed by atoms with E-state index < -0.39 is 42.8 Å². The Kier molecular flexibility index (Phi) is 17.3. The van der Waals surface area contributed by atoms with Crippen molar-refractivity contribution in [3.8, 4) is 34.8 Å². The molecule has 0 aliphatic heterocycles. The van der Waals surface area contributed by atoms with Gasteiger partial charge in [-0.25, -0.2) is 26.8 Å². The van der Waals surface area contributed by atoms with Gasteiger partial charge in [-0.05, 0) is 90.2 Å². The molecule has 6 aromatic rings. The van der Waals surface area contributed by atoms with Crippen LogP contribution in [0.15, 0.2) is 116 Å². The van der Waals surface area contributed by atoms with E-state index in [9.17, 15) is 27.0 Å². The predicted molar refractivity (Wildman–Crippen MR) is 252 cm³/mol. The van der Waals surface area contributed by atoms with Gasteiger partial charge in [-0.3, -0.25) is 9.97 Å². The van der Waals surface area contributed by atoms with E-state index in [-0.39, 0.29) is 55.9 Å². The molecule has 0 unspecified atom stereocenters. The summed E-state index contributed by atoms with van der Waals surface area (Å²) in [6.45, 7) is 2.66. The summed E-state index contributed by atoms with van der Waals surface area (Å²) in [5.74, 6) is 2.63. The number of sulfonamides is 2. The second-order valence-electron chi connectivity index (χ2n) is 15.7. The molecule has 0 aliphatic rings. The first-order chi connectivity index (χ1) is 32.6. The van der Waals surface area contributed by atoms with Gasteiger partial charge in [0.25, 0.3) is 0 Å². The fourth-order valence-electron chi connectivity index (χ4n) is 7.05. The SMILES string of the molecule is COc1ccc(CN(Cc2ccc(OCc3cc(OC)ccc3CN(Cc3ccc(OC)cc3)S(=O)(=O)[C@@H](C)[C@@H](O)c3cnc(OC)cn3)cc2)S(=O)(=O)[C@H](C)[C@H](O)c2cnc(OC)cn2)cc1. The average Bonchev–Trinajstić information content (AvgIpc) is 3.37. The molecule has 0 radical (unpaired) electrons. The molecule has 18 nitrogen and oxygen atoms in total. The molecule has 0 fully saturated rings. The minimum Gasteiger partial charge on any atom is -0.497 e. The van der Waals surface area contributed by atoms with Gasteiger partial charge in [-0.1, -0.05) is 42.5 Å². The summed E-state index contributed by atoms with van der Waals surface area (Å²) < 4.78 is 92.8. The van der Waals surface area contributed by atoms with E-state index in [1.165, 1.54) is 68.6 Å². The quantitative estimate of drug-likeness (QED) is 0.0732. The van der Waals surface area contributed by atoms with Crippen molar-refractivity contribution in [3.05, 3.63) is 155 Å². The topological polar surface area (TPSA) is 222 Å². The number of hydrogen-bond acceptors (Lipinski definition) is 16. The highest BCUT2D eigenvalue weighted by Crippen LogP contribution is 2.31. The highest BCUT2D eigenvalue weighted by Gasteiger charge is 2.37. The Balaban J connectivity index is 1.23. The molecule has 4 aromatic carbocycles. The Morgan fingerprint density at radius 2 is 0.853 bits per heavy atom. The van der Waals surface area contributed by atoms with E-state index in [4.69, 9.17) is 28.4 Å². The molecule has 2 heterocycles. The van der Waals surface area contributed by atoms with Crippen molar-refractivity contribution in [2.75, 3.05) is 35.5 Å². The standard InChI is InChI=1S/C48H56N6O12S2/c1-32(47(55)43-23-51-45(64-6)25-49-43)67(57,58)53(27-34-8-15-39(61-3)16-9-34)28-36-12-19-41(20-13-36)66-31-38-22-42(63-5)21-14-37(38)30-54(29-35-10-17-40(62-4)18-11-35)68(59,60)33(2)48(56)44-24-52-46(65-7)26-50-44/h8-26,32-33,47-48,55-56H,27-31H2,1-7H3/t32-,33+,47+,48-/m1/s1. The molecule has 0 amide bonds. The van der Waals surface area contributed by atoms with Crippen molar-refractivity contribution in [2.24, 2.45) is 0 Å². The fraction of sp³-hybridized carbons (Fsp3) is 0.333. The highest BCUT2D eigenvalue weighted by molar-refractivity contribution is 7.90. The zero-order chi connectivity index (χ0) is 49.0. The Morgan fingerprint density at radius 1 is 0.471 bits per heavy atom. The summed E-state index contributed by atoms with van der Waals surface area (Å²) in [6.07, 6.45) is 2.17. The van der Waals surface area contributed by atoms with Gasteiger partial charge in [0, 0.05) is 26.2 Å². The van der Waals surface area contributed by atoms with Crippen LogP contribution in [0.25, 0.3) is 0 Å². The van der Waals surface area contributed by atoms with Crippen molar-refractivity contribution in [2.45, 2.75) is 69.3 Å². The lowest BCUT2D eigenvalue weighted by molar-refractivity contribution is 0.166. The van der Waals surface area contributed by atoms with Crippen LogP contribution in [0, 0.1) is 0 Å². The number of nitrogens with zero attached hydrogens (tertiary/aromatic N) is 6. The Bertz CT molecular complexity index is 2770. The minimum atomic E-state index is -4.25. The van der Waals surface area contributed by atoms with Crippen molar-refractivity contribution < 1.29 is 55.5 Å². The molecule has 68 heavy (non-hydrogen) atoms. The number of benzene rings is 4. The summed E-state index contributed by atoms with van der Waals surface area (Å²) in [5.41, 5.74) is 3.40. The second kappa shape index (κ2) is 23.1. The maximum atomic E-state index is 14.5. The first-order valence-electron chi connectivity index (χ1n) is 21.3. The second-order valence-corrected chi connectivity index (χ2v) is 20.2. The smallest absolute Gasteiger partial charge is 0.231 e. The summed E-state index contributed by atoms with van der Waals surface area (Å²) in [6, 6.07) is 26.2. The maximum absolute atomic E-state index is 14.5. The largest absolute Gasteiger partial charge is 0.497 e. The normalized spacial score (nSPS) is 13.6. The lowest BCUT2D eigenvalue weighted by Gasteiger charge is -2.29. The average molecular weight is 973 g/mol. The van der Waals surface area contributed by atoms with Crippen molar-refractivity contribution in [3.63, 3.8) is 0 Å². The van der Waals surface area contributed by atoms with Crippen LogP contribution in [-0.4, -0.2) is 102 Å². The molecule has 0 bridgehead atoms. The number of aromatic nitrogens is 4. The van der Waals surface area contributed by atoms with Crippen LogP contribution in [-0.2, 0) is 52.8 Å². The van der Waals surface area contributed by atoms with E-state index in [0.717, 1.165) is 0 Å². The van der Waals surface area contributed by atoms with Gasteiger partial charge in [-0.15, -0.1) is 0 Å². The summed E-state index contributed by atoms with van der Waals surface area (Å²) >= 11 is 0. The van der Waals surface area contributed by atoms with E-state index in [1.54, 1.807) is 105 Å². The molecule has 0 aliphatic carbocycles. The molecular formula is C48H56N6O12S2. The van der Waals surface area contributed by atoms with E-state index in [2.05, 4.69) is 19.9 Å². The zero-order valence-corrected chi connectivity index (χ0v) is 40.4. The molecule has 2 N–H and O–H groups in total. The summed E-state index contributed by atoms with van der Waals surface area (Å²) in [4.78, 5) is 16.5.